The lowest BCUT2D eigenvalue weighted by Gasteiger charge is -2.05. The van der Waals surface area contributed by atoms with Crippen molar-refractivity contribution in [2.24, 2.45) is 0 Å². The Bertz CT molecular complexity index is 522. The van der Waals surface area contributed by atoms with Gasteiger partial charge >= 0.3 is 5.82 Å². The summed E-state index contributed by atoms with van der Waals surface area (Å²) in [7, 11) is 0. The molecule has 0 atom stereocenters. The van der Waals surface area contributed by atoms with Gasteiger partial charge in [0.2, 0.25) is 6.33 Å². The van der Waals surface area contributed by atoms with Crippen molar-refractivity contribution >= 4 is 5.82 Å². The van der Waals surface area contributed by atoms with E-state index in [4.69, 9.17) is 5.11 Å². The smallest absolute Gasteiger partial charge is 0.381 e. The number of nitro groups is 1. The van der Waals surface area contributed by atoms with Gasteiger partial charge in [-0.05, 0) is 16.0 Å². The second-order valence-electron chi connectivity index (χ2n) is 3.18. The topological polar surface area (TPSA) is 81.2 Å². The zero-order valence-electron chi connectivity index (χ0n) is 8.28. The number of aliphatic hydroxyl groups is 1. The Hall–Kier alpha value is -2.21. The molecule has 6 heteroatoms. The predicted octanol–water partition coefficient (Wildman–Crippen LogP) is 1.27. The Labute approximate surface area is 90.9 Å². The average molecular weight is 219 g/mol. The number of benzene rings is 1. The van der Waals surface area contributed by atoms with Gasteiger partial charge in [0, 0.05) is 5.56 Å². The van der Waals surface area contributed by atoms with E-state index in [2.05, 4.69) is 4.98 Å². The average Bonchev–Trinajstić information content (AvgIpc) is 2.78. The molecule has 0 saturated carbocycles. The molecule has 0 aliphatic rings. The highest BCUT2D eigenvalue weighted by Gasteiger charge is 2.12. The van der Waals surface area contributed by atoms with Crippen molar-refractivity contribution in [3.05, 3.63) is 52.5 Å². The zero-order chi connectivity index (χ0) is 11.5. The molecule has 6 nitrogen and oxygen atoms in total. The van der Waals surface area contributed by atoms with Crippen molar-refractivity contribution in [2.45, 2.75) is 6.61 Å². The van der Waals surface area contributed by atoms with Crippen LogP contribution < -0.4 is 0 Å². The molecule has 1 N–H and O–H groups in total. The summed E-state index contributed by atoms with van der Waals surface area (Å²) in [4.78, 5) is 13.6. The van der Waals surface area contributed by atoms with Gasteiger partial charge in [-0.2, -0.15) is 0 Å². The van der Waals surface area contributed by atoms with Crippen molar-refractivity contribution in [1.29, 1.82) is 0 Å². The van der Waals surface area contributed by atoms with Gasteiger partial charge in [-0.15, -0.1) is 0 Å². The van der Waals surface area contributed by atoms with Crippen LogP contribution in [0.4, 0.5) is 5.82 Å². The van der Waals surface area contributed by atoms with Crippen LogP contribution in [-0.2, 0) is 6.61 Å². The second kappa shape index (κ2) is 4.11. The minimum Gasteiger partial charge on any atom is -0.392 e. The molecule has 0 saturated heterocycles. The second-order valence-corrected chi connectivity index (χ2v) is 3.18. The van der Waals surface area contributed by atoms with Crippen molar-refractivity contribution in [2.75, 3.05) is 0 Å². The number of para-hydroxylation sites is 1. The number of hydrogen-bond acceptors (Lipinski definition) is 4. The molecular weight excluding hydrogens is 210 g/mol. The Balaban J connectivity index is 2.46. The SMILES string of the molecule is O=[N+]([O-])c1cn(-c2ccccc2CO)cn1. The van der Waals surface area contributed by atoms with E-state index in [0.29, 0.717) is 11.3 Å². The van der Waals surface area contributed by atoms with E-state index in [9.17, 15) is 10.1 Å². The molecule has 1 heterocycles. The third-order valence-electron chi connectivity index (χ3n) is 2.20. The first-order valence-electron chi connectivity index (χ1n) is 4.60. The first-order valence-corrected chi connectivity index (χ1v) is 4.60. The zero-order valence-corrected chi connectivity index (χ0v) is 8.28. The van der Waals surface area contributed by atoms with Gasteiger partial charge in [0.1, 0.15) is 6.20 Å². The quantitative estimate of drug-likeness (QED) is 0.622. The number of imidazole rings is 1. The van der Waals surface area contributed by atoms with Crippen molar-refractivity contribution < 1.29 is 10.0 Å². The molecule has 1 aromatic heterocycles. The molecule has 0 radical (unpaired) electrons. The Kier molecular flexibility index (Phi) is 2.65. The number of hydrogen-bond donors (Lipinski definition) is 1. The number of aliphatic hydroxyl groups excluding tert-OH is 1. The summed E-state index contributed by atoms with van der Waals surface area (Å²) in [6, 6.07) is 7.10. The van der Waals surface area contributed by atoms with Gasteiger partial charge in [-0.25, -0.2) is 0 Å². The van der Waals surface area contributed by atoms with Gasteiger partial charge in [0.25, 0.3) is 0 Å². The molecule has 1 aromatic carbocycles. The molecule has 0 bridgehead atoms. The van der Waals surface area contributed by atoms with E-state index in [1.54, 1.807) is 24.3 Å². The summed E-state index contributed by atoms with van der Waals surface area (Å²) >= 11 is 0. The highest BCUT2D eigenvalue weighted by Crippen LogP contribution is 2.17. The number of nitrogens with zero attached hydrogens (tertiary/aromatic N) is 3. The molecular formula is C10H9N3O3. The van der Waals surface area contributed by atoms with Gasteiger partial charge in [0.05, 0.1) is 12.3 Å². The van der Waals surface area contributed by atoms with E-state index in [1.165, 1.54) is 17.1 Å². The Morgan fingerprint density at radius 2 is 2.19 bits per heavy atom. The van der Waals surface area contributed by atoms with Crippen LogP contribution in [0.5, 0.6) is 0 Å². The number of rotatable bonds is 3. The molecule has 0 aliphatic carbocycles. The van der Waals surface area contributed by atoms with E-state index in [1.807, 2.05) is 0 Å². The molecule has 0 unspecified atom stereocenters. The van der Waals surface area contributed by atoms with Gasteiger partial charge in [0.15, 0.2) is 0 Å². The third-order valence-corrected chi connectivity index (χ3v) is 2.20. The van der Waals surface area contributed by atoms with E-state index < -0.39 is 4.92 Å². The fraction of sp³-hybridized carbons (Fsp3) is 0.100. The lowest BCUT2D eigenvalue weighted by Crippen LogP contribution is -1.96. The monoisotopic (exact) mass is 219 g/mol. The highest BCUT2D eigenvalue weighted by atomic mass is 16.6. The molecule has 0 fully saturated rings. The summed E-state index contributed by atoms with van der Waals surface area (Å²) in [6.07, 6.45) is 2.67. The molecule has 0 amide bonds. The molecule has 0 spiro atoms. The lowest BCUT2D eigenvalue weighted by molar-refractivity contribution is -0.389. The Morgan fingerprint density at radius 1 is 1.44 bits per heavy atom. The highest BCUT2D eigenvalue weighted by molar-refractivity contribution is 5.41. The third kappa shape index (κ3) is 1.78. The van der Waals surface area contributed by atoms with Crippen LogP contribution in [0.25, 0.3) is 5.69 Å². The summed E-state index contributed by atoms with van der Waals surface area (Å²) < 4.78 is 1.52. The van der Waals surface area contributed by atoms with E-state index >= 15 is 0 Å². The summed E-state index contributed by atoms with van der Waals surface area (Å²) in [6.45, 7) is -0.123. The van der Waals surface area contributed by atoms with Gasteiger partial charge in [-0.1, -0.05) is 18.2 Å². The first kappa shape index (κ1) is 10.3. The number of aromatic nitrogens is 2. The van der Waals surface area contributed by atoms with Crippen LogP contribution in [0.2, 0.25) is 0 Å². The van der Waals surface area contributed by atoms with Crippen molar-refractivity contribution in [1.82, 2.24) is 9.55 Å². The normalized spacial score (nSPS) is 10.3. The lowest BCUT2D eigenvalue weighted by atomic mass is 10.2. The van der Waals surface area contributed by atoms with Gasteiger partial charge < -0.3 is 15.2 Å². The largest absolute Gasteiger partial charge is 0.392 e. The first-order chi connectivity index (χ1) is 7.72. The van der Waals surface area contributed by atoms with Crippen LogP contribution >= 0.6 is 0 Å². The van der Waals surface area contributed by atoms with Crippen LogP contribution in [0.1, 0.15) is 5.56 Å². The fourth-order valence-corrected chi connectivity index (χ4v) is 1.43. The molecule has 82 valence electrons. The maximum Gasteiger partial charge on any atom is 0.381 e. The van der Waals surface area contributed by atoms with E-state index in [-0.39, 0.29) is 12.4 Å². The van der Waals surface area contributed by atoms with Crippen LogP contribution in [0, 0.1) is 10.1 Å². The Morgan fingerprint density at radius 3 is 2.81 bits per heavy atom. The van der Waals surface area contributed by atoms with Crippen LogP contribution in [-0.4, -0.2) is 19.6 Å². The minimum atomic E-state index is -0.557. The van der Waals surface area contributed by atoms with E-state index in [0.717, 1.165) is 0 Å². The maximum atomic E-state index is 10.5. The van der Waals surface area contributed by atoms with Crippen LogP contribution in [0.3, 0.4) is 0 Å². The van der Waals surface area contributed by atoms with Crippen LogP contribution in [0.15, 0.2) is 36.8 Å². The molecule has 0 aliphatic heterocycles. The van der Waals surface area contributed by atoms with Crippen molar-refractivity contribution in [3.8, 4) is 5.69 Å². The minimum absolute atomic E-state index is 0.123. The fourth-order valence-electron chi connectivity index (χ4n) is 1.43. The molecule has 2 aromatic rings. The summed E-state index contributed by atoms with van der Waals surface area (Å²) in [5, 5.41) is 19.6. The van der Waals surface area contributed by atoms with Gasteiger partial charge in [-0.3, -0.25) is 4.57 Å². The van der Waals surface area contributed by atoms with Crippen molar-refractivity contribution in [3.63, 3.8) is 0 Å². The standard InChI is InChI=1S/C10H9N3O3/c14-6-8-3-1-2-4-9(8)12-5-10(11-7-12)13(15)16/h1-5,7,14H,6H2. The summed E-state index contributed by atoms with van der Waals surface area (Å²) in [5.41, 5.74) is 1.38. The molecule has 16 heavy (non-hydrogen) atoms. The predicted molar refractivity (Wildman–Crippen MR) is 56.1 cm³/mol. The molecule has 2 rings (SSSR count). The maximum absolute atomic E-state index is 10.5. The summed E-state index contributed by atoms with van der Waals surface area (Å²) in [5.74, 6) is -0.215.